The average Bonchev–Trinajstić information content (AvgIpc) is 2.96. The molecule has 1 N–H and O–H groups in total. The van der Waals surface area contributed by atoms with Crippen molar-refractivity contribution < 1.29 is 13.5 Å². The Bertz CT molecular complexity index is 617. The summed E-state index contributed by atoms with van der Waals surface area (Å²) in [6.07, 6.45) is 1.80. The number of aromatic nitrogens is 1. The van der Waals surface area contributed by atoms with Crippen LogP contribution in [0.2, 0.25) is 0 Å². The zero-order valence-electron chi connectivity index (χ0n) is 12.6. The van der Waals surface area contributed by atoms with E-state index in [9.17, 15) is 4.39 Å². The standard InChI is InChI=1S/C16H20FN3O2/c1-20-5-6-21-15(10-20)9-18-8-14-11-22-16(19-14)12-3-2-4-13(17)7-12/h2-4,7,11,15,18H,5-6,8-10H2,1H3/t15-/m0/s1. The molecule has 0 unspecified atom stereocenters. The van der Waals surface area contributed by atoms with Gasteiger partial charge >= 0.3 is 0 Å². The Morgan fingerprint density at radius 1 is 1.45 bits per heavy atom. The van der Waals surface area contributed by atoms with Gasteiger partial charge in [-0.2, -0.15) is 0 Å². The first-order valence-electron chi connectivity index (χ1n) is 7.42. The smallest absolute Gasteiger partial charge is 0.226 e. The summed E-state index contributed by atoms with van der Waals surface area (Å²) in [5.74, 6) is 0.138. The number of nitrogens with one attached hydrogen (secondary N) is 1. The Balaban J connectivity index is 1.51. The number of ether oxygens (including phenoxy) is 1. The van der Waals surface area contributed by atoms with E-state index in [4.69, 9.17) is 9.15 Å². The molecule has 1 aromatic heterocycles. The fourth-order valence-electron chi connectivity index (χ4n) is 2.49. The lowest BCUT2D eigenvalue weighted by Gasteiger charge is -2.30. The quantitative estimate of drug-likeness (QED) is 0.914. The van der Waals surface area contributed by atoms with E-state index in [0.717, 1.165) is 31.9 Å². The van der Waals surface area contributed by atoms with E-state index in [-0.39, 0.29) is 11.9 Å². The van der Waals surface area contributed by atoms with Gasteiger partial charge in [-0.15, -0.1) is 0 Å². The van der Waals surface area contributed by atoms with Gasteiger partial charge in [-0.3, -0.25) is 0 Å². The zero-order chi connectivity index (χ0) is 15.4. The fraction of sp³-hybridized carbons (Fsp3) is 0.438. The number of halogens is 1. The van der Waals surface area contributed by atoms with E-state index in [1.165, 1.54) is 12.1 Å². The molecule has 6 heteroatoms. The van der Waals surface area contributed by atoms with Gasteiger partial charge in [-0.05, 0) is 25.2 Å². The highest BCUT2D eigenvalue weighted by atomic mass is 19.1. The molecular weight excluding hydrogens is 285 g/mol. The van der Waals surface area contributed by atoms with E-state index in [1.54, 1.807) is 18.4 Å². The van der Waals surface area contributed by atoms with Crippen molar-refractivity contribution in [2.45, 2.75) is 12.6 Å². The van der Waals surface area contributed by atoms with Crippen LogP contribution in [-0.4, -0.2) is 49.3 Å². The number of hydrogen-bond donors (Lipinski definition) is 1. The third kappa shape index (κ3) is 3.91. The van der Waals surface area contributed by atoms with Crippen molar-refractivity contribution in [2.75, 3.05) is 33.3 Å². The molecule has 1 aromatic carbocycles. The van der Waals surface area contributed by atoms with Crippen molar-refractivity contribution in [1.29, 1.82) is 0 Å². The van der Waals surface area contributed by atoms with Crippen molar-refractivity contribution in [1.82, 2.24) is 15.2 Å². The third-order valence-electron chi connectivity index (χ3n) is 3.64. The van der Waals surface area contributed by atoms with Gasteiger partial charge in [-0.1, -0.05) is 6.07 Å². The predicted octanol–water partition coefficient (Wildman–Crippen LogP) is 1.90. The lowest BCUT2D eigenvalue weighted by Crippen LogP contribution is -2.44. The highest BCUT2D eigenvalue weighted by Gasteiger charge is 2.17. The maximum Gasteiger partial charge on any atom is 0.226 e. The number of likely N-dealkylation sites (N-methyl/N-ethyl adjacent to an activating group) is 1. The van der Waals surface area contributed by atoms with E-state index in [0.29, 0.717) is 18.0 Å². The second kappa shape index (κ2) is 7.00. The minimum Gasteiger partial charge on any atom is -0.444 e. The molecule has 0 aliphatic carbocycles. The second-order valence-corrected chi connectivity index (χ2v) is 5.54. The molecule has 22 heavy (non-hydrogen) atoms. The number of benzene rings is 1. The van der Waals surface area contributed by atoms with Crippen LogP contribution in [0, 0.1) is 5.82 Å². The van der Waals surface area contributed by atoms with Crippen molar-refractivity contribution in [3.8, 4) is 11.5 Å². The maximum atomic E-state index is 13.2. The third-order valence-corrected chi connectivity index (χ3v) is 3.64. The first-order valence-corrected chi connectivity index (χ1v) is 7.42. The van der Waals surface area contributed by atoms with Crippen LogP contribution in [0.25, 0.3) is 11.5 Å². The zero-order valence-corrected chi connectivity index (χ0v) is 12.6. The molecule has 118 valence electrons. The highest BCUT2D eigenvalue weighted by molar-refractivity contribution is 5.52. The normalized spacial score (nSPS) is 19.5. The van der Waals surface area contributed by atoms with Gasteiger partial charge in [0.15, 0.2) is 0 Å². The number of morpholine rings is 1. The molecule has 1 aliphatic rings. The molecule has 1 atom stereocenters. The molecule has 1 fully saturated rings. The average molecular weight is 305 g/mol. The van der Waals surface area contributed by atoms with E-state index < -0.39 is 0 Å². The largest absolute Gasteiger partial charge is 0.444 e. The first kappa shape index (κ1) is 15.1. The lowest BCUT2D eigenvalue weighted by molar-refractivity contribution is -0.0182. The molecule has 1 saturated heterocycles. The van der Waals surface area contributed by atoms with Crippen LogP contribution < -0.4 is 5.32 Å². The Labute approximate surface area is 129 Å². The fourth-order valence-corrected chi connectivity index (χ4v) is 2.49. The van der Waals surface area contributed by atoms with Crippen molar-refractivity contribution in [3.63, 3.8) is 0 Å². The van der Waals surface area contributed by atoms with Gasteiger partial charge in [0.05, 0.1) is 18.4 Å². The molecule has 0 bridgehead atoms. The van der Waals surface area contributed by atoms with Crippen LogP contribution in [0.5, 0.6) is 0 Å². The maximum absolute atomic E-state index is 13.2. The van der Waals surface area contributed by atoms with Gasteiger partial charge in [-0.25, -0.2) is 9.37 Å². The minimum absolute atomic E-state index is 0.202. The number of rotatable bonds is 5. The van der Waals surface area contributed by atoms with Crippen LogP contribution in [0.1, 0.15) is 5.69 Å². The summed E-state index contributed by atoms with van der Waals surface area (Å²) in [5, 5.41) is 3.32. The van der Waals surface area contributed by atoms with Crippen molar-refractivity contribution in [2.24, 2.45) is 0 Å². The van der Waals surface area contributed by atoms with Gasteiger partial charge in [0, 0.05) is 31.7 Å². The molecule has 0 amide bonds. The molecule has 3 rings (SSSR count). The predicted molar refractivity (Wildman–Crippen MR) is 80.8 cm³/mol. The number of oxazole rings is 1. The Morgan fingerprint density at radius 2 is 2.36 bits per heavy atom. The lowest BCUT2D eigenvalue weighted by atomic mass is 10.2. The monoisotopic (exact) mass is 305 g/mol. The van der Waals surface area contributed by atoms with Crippen molar-refractivity contribution in [3.05, 3.63) is 42.0 Å². The summed E-state index contributed by atoms with van der Waals surface area (Å²) in [6.45, 7) is 4.06. The molecule has 0 radical (unpaired) electrons. The van der Waals surface area contributed by atoms with Gasteiger partial charge in [0.2, 0.25) is 5.89 Å². The first-order chi connectivity index (χ1) is 10.7. The summed E-state index contributed by atoms with van der Waals surface area (Å²) in [7, 11) is 2.10. The van der Waals surface area contributed by atoms with Gasteiger partial charge < -0.3 is 19.4 Å². The van der Waals surface area contributed by atoms with Crippen LogP contribution >= 0.6 is 0 Å². The summed E-state index contributed by atoms with van der Waals surface area (Å²) in [6, 6.07) is 6.23. The number of nitrogens with zero attached hydrogens (tertiary/aromatic N) is 2. The van der Waals surface area contributed by atoms with E-state index >= 15 is 0 Å². The van der Waals surface area contributed by atoms with Gasteiger partial charge in [0.25, 0.3) is 0 Å². The molecule has 0 saturated carbocycles. The number of hydrogen-bond acceptors (Lipinski definition) is 5. The Kier molecular flexibility index (Phi) is 4.82. The Morgan fingerprint density at radius 3 is 3.18 bits per heavy atom. The van der Waals surface area contributed by atoms with E-state index in [2.05, 4.69) is 22.2 Å². The van der Waals surface area contributed by atoms with Crippen LogP contribution in [0.15, 0.2) is 34.9 Å². The minimum atomic E-state index is -0.297. The summed E-state index contributed by atoms with van der Waals surface area (Å²) in [5.41, 5.74) is 1.44. The molecule has 2 heterocycles. The molecular formula is C16H20FN3O2. The van der Waals surface area contributed by atoms with Crippen LogP contribution in [0.4, 0.5) is 4.39 Å². The molecule has 0 spiro atoms. The SMILES string of the molecule is CN1CCO[C@@H](CNCc2coc(-c3cccc(F)c3)n2)C1. The summed E-state index contributed by atoms with van der Waals surface area (Å²) in [4.78, 5) is 6.63. The summed E-state index contributed by atoms with van der Waals surface area (Å²) >= 11 is 0. The van der Waals surface area contributed by atoms with E-state index in [1.807, 2.05) is 0 Å². The highest BCUT2D eigenvalue weighted by Crippen LogP contribution is 2.19. The summed E-state index contributed by atoms with van der Waals surface area (Å²) < 4.78 is 24.3. The second-order valence-electron chi connectivity index (χ2n) is 5.54. The van der Waals surface area contributed by atoms with Crippen LogP contribution in [-0.2, 0) is 11.3 Å². The Hall–Kier alpha value is -1.76. The molecule has 1 aliphatic heterocycles. The molecule has 2 aromatic rings. The topological polar surface area (TPSA) is 50.5 Å². The van der Waals surface area contributed by atoms with Gasteiger partial charge in [0.1, 0.15) is 12.1 Å². The molecule has 5 nitrogen and oxygen atoms in total. The van der Waals surface area contributed by atoms with Crippen LogP contribution in [0.3, 0.4) is 0 Å². The van der Waals surface area contributed by atoms with Crippen molar-refractivity contribution >= 4 is 0 Å².